The molecule has 1 atom stereocenters. The van der Waals surface area contributed by atoms with Crippen LogP contribution in [0, 0.1) is 5.82 Å². The number of hydrogen-bond donors (Lipinski definition) is 2. The third kappa shape index (κ3) is 4.23. The fourth-order valence-corrected chi connectivity index (χ4v) is 2.94. The van der Waals surface area contributed by atoms with Crippen LogP contribution in [0.4, 0.5) is 4.39 Å². The molecule has 2 N–H and O–H groups in total. The molecule has 6 nitrogen and oxygen atoms in total. The van der Waals surface area contributed by atoms with Gasteiger partial charge in [-0.1, -0.05) is 0 Å². The smallest absolute Gasteiger partial charge is 0.254 e. The van der Waals surface area contributed by atoms with E-state index in [4.69, 9.17) is 4.74 Å². The Morgan fingerprint density at radius 2 is 2.21 bits per heavy atom. The fraction of sp³-hybridized carbons (Fsp3) is 0.529. The third-order valence-electron chi connectivity index (χ3n) is 4.34. The number of halogens is 1. The van der Waals surface area contributed by atoms with Gasteiger partial charge >= 0.3 is 0 Å². The molecular weight excluding hydrogens is 315 g/mol. The van der Waals surface area contributed by atoms with E-state index in [9.17, 15) is 19.1 Å². The molecule has 0 radical (unpaired) electrons. The van der Waals surface area contributed by atoms with Crippen molar-refractivity contribution in [3.8, 4) is 5.75 Å². The summed E-state index contributed by atoms with van der Waals surface area (Å²) in [5.41, 5.74) is -0.880. The highest BCUT2D eigenvalue weighted by molar-refractivity contribution is 5.94. The first-order valence-corrected chi connectivity index (χ1v) is 7.94. The van der Waals surface area contributed by atoms with Crippen LogP contribution in [-0.4, -0.2) is 54.7 Å². The number of rotatable bonds is 5. The molecule has 1 saturated heterocycles. The van der Waals surface area contributed by atoms with Gasteiger partial charge in [-0.25, -0.2) is 4.39 Å². The van der Waals surface area contributed by atoms with Crippen molar-refractivity contribution in [3.63, 3.8) is 0 Å². The number of carbonyl (C=O) groups is 2. The molecule has 2 amide bonds. The van der Waals surface area contributed by atoms with E-state index in [-0.39, 0.29) is 42.5 Å². The molecule has 0 unspecified atom stereocenters. The number of ether oxygens (including phenoxy) is 1. The first-order chi connectivity index (χ1) is 11.4. The van der Waals surface area contributed by atoms with Gasteiger partial charge in [-0.05, 0) is 37.5 Å². The molecule has 24 heavy (non-hydrogen) atoms. The van der Waals surface area contributed by atoms with Crippen LogP contribution in [-0.2, 0) is 4.79 Å². The number of piperidine rings is 1. The number of methoxy groups -OCH3 is 1. The minimum atomic E-state index is -1.09. The highest BCUT2D eigenvalue weighted by Gasteiger charge is 2.35. The van der Waals surface area contributed by atoms with Gasteiger partial charge in [-0.2, -0.15) is 0 Å². The summed E-state index contributed by atoms with van der Waals surface area (Å²) in [5.74, 6) is -1.01. The Morgan fingerprint density at radius 1 is 1.46 bits per heavy atom. The summed E-state index contributed by atoms with van der Waals surface area (Å²) in [7, 11) is 2.90. The van der Waals surface area contributed by atoms with Crippen molar-refractivity contribution in [2.75, 3.05) is 27.2 Å². The second kappa shape index (κ2) is 7.61. The third-order valence-corrected chi connectivity index (χ3v) is 4.34. The molecule has 0 saturated carbocycles. The molecule has 1 aliphatic rings. The van der Waals surface area contributed by atoms with Crippen LogP contribution in [0.5, 0.6) is 5.75 Å². The number of likely N-dealkylation sites (tertiary alicyclic amines) is 1. The van der Waals surface area contributed by atoms with E-state index in [1.54, 1.807) is 7.05 Å². The number of nitrogens with one attached hydrogen (secondary N) is 1. The van der Waals surface area contributed by atoms with Crippen LogP contribution in [0.25, 0.3) is 0 Å². The van der Waals surface area contributed by atoms with Gasteiger partial charge in [-0.3, -0.25) is 9.59 Å². The van der Waals surface area contributed by atoms with Crippen LogP contribution < -0.4 is 10.1 Å². The zero-order valence-corrected chi connectivity index (χ0v) is 14.0. The molecule has 1 aromatic carbocycles. The van der Waals surface area contributed by atoms with Crippen molar-refractivity contribution >= 4 is 11.8 Å². The Balaban J connectivity index is 2.06. The Bertz CT molecular complexity index is 623. The zero-order valence-electron chi connectivity index (χ0n) is 14.0. The molecule has 2 rings (SSSR count). The number of β-amino-alcohol motifs (C(OH)–C–C–N with tert-alkyl or cyclic N) is 1. The molecule has 0 aliphatic carbocycles. The van der Waals surface area contributed by atoms with Crippen molar-refractivity contribution in [1.29, 1.82) is 0 Å². The molecule has 1 aromatic rings. The van der Waals surface area contributed by atoms with E-state index in [1.807, 2.05) is 0 Å². The van der Waals surface area contributed by atoms with Gasteiger partial charge in [0.15, 0.2) is 11.6 Å². The molecule has 1 fully saturated rings. The summed E-state index contributed by atoms with van der Waals surface area (Å²) in [4.78, 5) is 25.4. The highest BCUT2D eigenvalue weighted by atomic mass is 19.1. The second-order valence-corrected chi connectivity index (χ2v) is 6.08. The first kappa shape index (κ1) is 18.2. The van der Waals surface area contributed by atoms with Crippen LogP contribution in [0.1, 0.15) is 36.0 Å². The van der Waals surface area contributed by atoms with Gasteiger partial charge in [0.1, 0.15) is 0 Å². The number of carbonyl (C=O) groups excluding carboxylic acids is 2. The Kier molecular flexibility index (Phi) is 5.77. The minimum absolute atomic E-state index is 0.0762. The van der Waals surface area contributed by atoms with E-state index in [0.29, 0.717) is 19.4 Å². The standard InChI is InChI=1S/C17H23FN2O4/c1-19-15(21)6-8-17(23)7-3-9-20(11-17)16(22)12-4-5-14(24-2)13(18)10-12/h4-5,10,23H,3,6-9,11H2,1-2H3,(H,19,21)/t17-/m1/s1. The number of nitrogens with zero attached hydrogens (tertiary/aromatic N) is 1. The number of hydrogen-bond acceptors (Lipinski definition) is 4. The number of benzene rings is 1. The fourth-order valence-electron chi connectivity index (χ4n) is 2.94. The Hall–Kier alpha value is -2.15. The normalized spacial score (nSPS) is 20.6. The van der Waals surface area contributed by atoms with Crippen molar-refractivity contribution in [2.45, 2.75) is 31.3 Å². The molecule has 0 spiro atoms. The summed E-state index contributed by atoms with van der Waals surface area (Å²) < 4.78 is 18.6. The van der Waals surface area contributed by atoms with Crippen LogP contribution in [0.15, 0.2) is 18.2 Å². The van der Waals surface area contributed by atoms with E-state index < -0.39 is 11.4 Å². The maximum Gasteiger partial charge on any atom is 0.254 e. The lowest BCUT2D eigenvalue weighted by Crippen LogP contribution is -2.50. The van der Waals surface area contributed by atoms with Crippen molar-refractivity contribution in [3.05, 3.63) is 29.6 Å². The predicted octanol–water partition coefficient (Wildman–Crippen LogP) is 1.33. The average Bonchev–Trinajstić information content (AvgIpc) is 2.59. The van der Waals surface area contributed by atoms with Crippen molar-refractivity contribution in [1.82, 2.24) is 10.2 Å². The van der Waals surface area contributed by atoms with Gasteiger partial charge < -0.3 is 20.1 Å². The van der Waals surface area contributed by atoms with Crippen LogP contribution >= 0.6 is 0 Å². The van der Waals surface area contributed by atoms with Gasteiger partial charge in [0.25, 0.3) is 5.91 Å². The number of amides is 2. The van der Waals surface area contributed by atoms with Crippen LogP contribution in [0.3, 0.4) is 0 Å². The Morgan fingerprint density at radius 3 is 2.83 bits per heavy atom. The minimum Gasteiger partial charge on any atom is -0.494 e. The first-order valence-electron chi connectivity index (χ1n) is 7.94. The maximum atomic E-state index is 13.8. The van der Waals surface area contributed by atoms with Gasteiger partial charge in [0, 0.05) is 32.1 Å². The van der Waals surface area contributed by atoms with Gasteiger partial charge in [-0.15, -0.1) is 0 Å². The van der Waals surface area contributed by atoms with Gasteiger partial charge in [0.05, 0.1) is 12.7 Å². The molecule has 132 valence electrons. The summed E-state index contributed by atoms with van der Waals surface area (Å²) >= 11 is 0. The van der Waals surface area contributed by atoms with Gasteiger partial charge in [0.2, 0.25) is 5.91 Å². The van der Waals surface area contributed by atoms with E-state index in [1.165, 1.54) is 24.1 Å². The second-order valence-electron chi connectivity index (χ2n) is 6.08. The average molecular weight is 338 g/mol. The summed E-state index contributed by atoms with van der Waals surface area (Å²) in [6, 6.07) is 4.05. The quantitative estimate of drug-likeness (QED) is 0.849. The largest absolute Gasteiger partial charge is 0.494 e. The summed E-state index contributed by atoms with van der Waals surface area (Å²) in [6.07, 6.45) is 1.65. The molecular formula is C17H23FN2O4. The SMILES string of the molecule is CNC(=O)CC[C@]1(O)CCCN(C(=O)c2ccc(OC)c(F)c2)C1. The molecule has 0 aromatic heterocycles. The lowest BCUT2D eigenvalue weighted by molar-refractivity contribution is -0.122. The summed E-state index contributed by atoms with van der Waals surface area (Å²) in [5, 5.41) is 13.2. The molecule has 1 heterocycles. The number of aliphatic hydroxyl groups is 1. The molecule has 1 aliphatic heterocycles. The van der Waals surface area contributed by atoms with Crippen molar-refractivity contribution in [2.24, 2.45) is 0 Å². The lowest BCUT2D eigenvalue weighted by Gasteiger charge is -2.39. The Labute approximate surface area is 140 Å². The highest BCUT2D eigenvalue weighted by Crippen LogP contribution is 2.27. The van der Waals surface area contributed by atoms with E-state index in [2.05, 4.69) is 5.32 Å². The van der Waals surface area contributed by atoms with Crippen LogP contribution in [0.2, 0.25) is 0 Å². The monoisotopic (exact) mass is 338 g/mol. The topological polar surface area (TPSA) is 78.9 Å². The lowest BCUT2D eigenvalue weighted by atomic mass is 9.88. The van der Waals surface area contributed by atoms with Crippen molar-refractivity contribution < 1.29 is 23.8 Å². The zero-order chi connectivity index (χ0) is 17.7. The predicted molar refractivity (Wildman–Crippen MR) is 86.3 cm³/mol. The maximum absolute atomic E-state index is 13.8. The molecule has 0 bridgehead atoms. The van der Waals surface area contributed by atoms with E-state index >= 15 is 0 Å². The molecule has 7 heteroatoms. The van der Waals surface area contributed by atoms with E-state index in [0.717, 1.165) is 6.07 Å². The summed E-state index contributed by atoms with van der Waals surface area (Å²) in [6.45, 7) is 0.630.